The quantitative estimate of drug-likeness (QED) is 0.720. The maximum absolute atomic E-state index is 5.42. The molecule has 1 aromatic carbocycles. The van der Waals surface area contributed by atoms with E-state index in [4.69, 9.17) is 9.72 Å². The van der Waals surface area contributed by atoms with Crippen molar-refractivity contribution in [1.82, 2.24) is 9.97 Å². The van der Waals surface area contributed by atoms with Crippen LogP contribution in [0.3, 0.4) is 0 Å². The third-order valence-electron chi connectivity index (χ3n) is 5.37. The summed E-state index contributed by atoms with van der Waals surface area (Å²) >= 11 is 0. The molecule has 4 rings (SSSR count). The number of ether oxygens (including phenoxy) is 1. The molecule has 3 aromatic rings. The molecule has 1 aliphatic rings. The number of hydrogen-bond donors (Lipinski definition) is 1. The van der Waals surface area contributed by atoms with Gasteiger partial charge in [-0.15, -0.1) is 12.4 Å². The number of anilines is 1. The summed E-state index contributed by atoms with van der Waals surface area (Å²) in [5.74, 6) is 1.96. The van der Waals surface area contributed by atoms with Crippen LogP contribution in [0.25, 0.3) is 10.9 Å². The van der Waals surface area contributed by atoms with E-state index >= 15 is 0 Å². The van der Waals surface area contributed by atoms with Gasteiger partial charge in [-0.1, -0.05) is 6.07 Å². The van der Waals surface area contributed by atoms with Crippen molar-refractivity contribution in [2.45, 2.75) is 33.2 Å². The second-order valence-electron chi connectivity index (χ2n) is 6.62. The Hall–Kier alpha value is -2.20. The van der Waals surface area contributed by atoms with Crippen LogP contribution in [0.4, 0.5) is 5.82 Å². The monoisotopic (exact) mass is 357 g/mol. The molecule has 0 saturated carbocycles. The zero-order chi connectivity index (χ0) is 16.8. The number of benzene rings is 1. The van der Waals surface area contributed by atoms with Crippen LogP contribution in [0.5, 0.6) is 5.75 Å². The molecular weight excluding hydrogens is 334 g/mol. The third kappa shape index (κ3) is 2.74. The summed E-state index contributed by atoms with van der Waals surface area (Å²) in [6.45, 7) is 7.51. The number of rotatable bonds is 2. The van der Waals surface area contributed by atoms with Gasteiger partial charge >= 0.3 is 0 Å². The molecule has 0 bridgehead atoms. The minimum absolute atomic E-state index is 0. The molecule has 132 valence electrons. The SMILES string of the molecule is COc1ccc2c(c1)C(C)N(c1nccc3c(C)c(C)[nH]c13)CC2.Cl. The number of halogens is 1. The van der Waals surface area contributed by atoms with Gasteiger partial charge in [-0.05, 0) is 62.1 Å². The smallest absolute Gasteiger partial charge is 0.153 e. The fourth-order valence-electron chi connectivity index (χ4n) is 3.80. The molecule has 1 unspecified atom stereocenters. The molecule has 0 spiro atoms. The van der Waals surface area contributed by atoms with Crippen molar-refractivity contribution in [3.63, 3.8) is 0 Å². The normalized spacial score (nSPS) is 16.5. The molecule has 3 heterocycles. The number of aromatic nitrogens is 2. The molecule has 5 heteroatoms. The van der Waals surface area contributed by atoms with E-state index in [1.165, 1.54) is 27.8 Å². The number of hydrogen-bond acceptors (Lipinski definition) is 3. The zero-order valence-electron chi connectivity index (χ0n) is 15.1. The highest BCUT2D eigenvalue weighted by atomic mass is 35.5. The maximum Gasteiger partial charge on any atom is 0.153 e. The summed E-state index contributed by atoms with van der Waals surface area (Å²) < 4.78 is 5.42. The Balaban J connectivity index is 0.00000182. The first-order valence-corrected chi connectivity index (χ1v) is 8.47. The average molecular weight is 358 g/mol. The molecule has 0 fully saturated rings. The van der Waals surface area contributed by atoms with Crippen LogP contribution in [-0.4, -0.2) is 23.6 Å². The van der Waals surface area contributed by atoms with E-state index in [1.54, 1.807) is 7.11 Å². The number of H-pyrrole nitrogens is 1. The minimum Gasteiger partial charge on any atom is -0.497 e. The first-order chi connectivity index (χ1) is 11.6. The fraction of sp³-hybridized carbons (Fsp3) is 0.350. The van der Waals surface area contributed by atoms with Crippen molar-refractivity contribution in [2.24, 2.45) is 0 Å². The molecule has 1 atom stereocenters. The summed E-state index contributed by atoms with van der Waals surface area (Å²) in [6, 6.07) is 8.78. The molecule has 1 N–H and O–H groups in total. The lowest BCUT2D eigenvalue weighted by Crippen LogP contribution is -2.34. The number of pyridine rings is 1. The summed E-state index contributed by atoms with van der Waals surface area (Å²) in [7, 11) is 1.72. The van der Waals surface area contributed by atoms with Gasteiger partial charge in [-0.25, -0.2) is 4.98 Å². The van der Waals surface area contributed by atoms with Gasteiger partial charge in [-0.2, -0.15) is 0 Å². The first kappa shape index (κ1) is 17.6. The summed E-state index contributed by atoms with van der Waals surface area (Å²) in [5, 5.41) is 1.26. The molecular formula is C20H24ClN3O. The fourth-order valence-corrected chi connectivity index (χ4v) is 3.80. The van der Waals surface area contributed by atoms with Crippen LogP contribution in [0.1, 0.15) is 35.3 Å². The molecule has 0 radical (unpaired) electrons. The minimum atomic E-state index is 0. The van der Waals surface area contributed by atoms with Crippen molar-refractivity contribution in [3.8, 4) is 5.75 Å². The van der Waals surface area contributed by atoms with E-state index in [0.717, 1.165) is 30.0 Å². The first-order valence-electron chi connectivity index (χ1n) is 8.47. The van der Waals surface area contributed by atoms with E-state index < -0.39 is 0 Å². The standard InChI is InChI=1S/C20H23N3O.ClH/c1-12-13(2)22-19-17(12)7-9-21-20(19)23-10-8-15-5-6-16(24-4)11-18(15)14(23)3;/h5-7,9,11,14,22H,8,10H2,1-4H3;1H. The van der Waals surface area contributed by atoms with Gasteiger partial charge < -0.3 is 14.6 Å². The Kier molecular flexibility index (Phi) is 4.65. The lowest BCUT2D eigenvalue weighted by Gasteiger charge is -2.36. The predicted octanol–water partition coefficient (Wildman–Crippen LogP) is 4.73. The van der Waals surface area contributed by atoms with E-state index in [-0.39, 0.29) is 18.4 Å². The Morgan fingerprint density at radius 3 is 2.80 bits per heavy atom. The number of methoxy groups -OCH3 is 1. The molecule has 2 aromatic heterocycles. The Morgan fingerprint density at radius 2 is 2.04 bits per heavy atom. The van der Waals surface area contributed by atoms with Gasteiger partial charge in [-0.3, -0.25) is 0 Å². The third-order valence-corrected chi connectivity index (χ3v) is 5.37. The second kappa shape index (κ2) is 6.60. The summed E-state index contributed by atoms with van der Waals surface area (Å²) in [5.41, 5.74) is 6.40. The van der Waals surface area contributed by atoms with Gasteiger partial charge in [0.2, 0.25) is 0 Å². The van der Waals surface area contributed by atoms with Crippen molar-refractivity contribution >= 4 is 29.1 Å². The van der Waals surface area contributed by atoms with Crippen LogP contribution in [0.2, 0.25) is 0 Å². The van der Waals surface area contributed by atoms with Gasteiger partial charge in [0.05, 0.1) is 18.7 Å². The summed E-state index contributed by atoms with van der Waals surface area (Å²) in [6.07, 6.45) is 2.95. The Bertz CT molecular complexity index is 919. The number of nitrogens with zero attached hydrogens (tertiary/aromatic N) is 2. The molecule has 0 amide bonds. The molecule has 0 saturated heterocycles. The largest absolute Gasteiger partial charge is 0.497 e. The highest BCUT2D eigenvalue weighted by Crippen LogP contribution is 2.37. The van der Waals surface area contributed by atoms with Gasteiger partial charge in [0.15, 0.2) is 5.82 Å². The summed E-state index contributed by atoms with van der Waals surface area (Å²) in [4.78, 5) is 10.6. The van der Waals surface area contributed by atoms with Crippen LogP contribution in [0.15, 0.2) is 30.5 Å². The topological polar surface area (TPSA) is 41.1 Å². The predicted molar refractivity (Wildman–Crippen MR) is 105 cm³/mol. The average Bonchev–Trinajstić information content (AvgIpc) is 2.90. The molecule has 1 aliphatic heterocycles. The van der Waals surface area contributed by atoms with Crippen LogP contribution >= 0.6 is 12.4 Å². The van der Waals surface area contributed by atoms with Gasteiger partial charge in [0, 0.05) is 23.8 Å². The molecule has 4 nitrogen and oxygen atoms in total. The van der Waals surface area contributed by atoms with E-state index in [1.807, 2.05) is 6.20 Å². The van der Waals surface area contributed by atoms with Crippen molar-refractivity contribution in [1.29, 1.82) is 0 Å². The molecule has 25 heavy (non-hydrogen) atoms. The number of fused-ring (bicyclic) bond motifs is 2. The maximum atomic E-state index is 5.42. The Morgan fingerprint density at radius 1 is 1.24 bits per heavy atom. The number of aromatic amines is 1. The van der Waals surface area contributed by atoms with E-state index in [9.17, 15) is 0 Å². The van der Waals surface area contributed by atoms with Crippen LogP contribution in [0, 0.1) is 13.8 Å². The molecule has 0 aliphatic carbocycles. The zero-order valence-corrected chi connectivity index (χ0v) is 15.9. The lowest BCUT2D eigenvalue weighted by atomic mass is 9.93. The second-order valence-corrected chi connectivity index (χ2v) is 6.62. The number of nitrogens with one attached hydrogen (secondary N) is 1. The van der Waals surface area contributed by atoms with Crippen LogP contribution < -0.4 is 9.64 Å². The highest BCUT2D eigenvalue weighted by molar-refractivity contribution is 5.92. The van der Waals surface area contributed by atoms with Gasteiger partial charge in [0.1, 0.15) is 5.75 Å². The van der Waals surface area contributed by atoms with Gasteiger partial charge in [0.25, 0.3) is 0 Å². The van der Waals surface area contributed by atoms with Crippen molar-refractivity contribution < 1.29 is 4.74 Å². The lowest BCUT2D eigenvalue weighted by molar-refractivity contribution is 0.413. The van der Waals surface area contributed by atoms with E-state index in [2.05, 4.69) is 54.9 Å². The Labute approximate surface area is 154 Å². The van der Waals surface area contributed by atoms with Crippen molar-refractivity contribution in [2.75, 3.05) is 18.6 Å². The highest BCUT2D eigenvalue weighted by Gasteiger charge is 2.27. The van der Waals surface area contributed by atoms with E-state index in [0.29, 0.717) is 0 Å². The van der Waals surface area contributed by atoms with Crippen LogP contribution in [-0.2, 0) is 6.42 Å². The number of aryl methyl sites for hydroxylation is 2. The van der Waals surface area contributed by atoms with Crippen molar-refractivity contribution in [3.05, 3.63) is 52.8 Å².